The fourth-order valence-electron chi connectivity index (χ4n) is 3.37. The van der Waals surface area contributed by atoms with E-state index in [9.17, 15) is 9.18 Å². The lowest BCUT2D eigenvalue weighted by Gasteiger charge is -2.12. The van der Waals surface area contributed by atoms with E-state index in [2.05, 4.69) is 27.2 Å². The summed E-state index contributed by atoms with van der Waals surface area (Å²) in [7, 11) is 0. The molecule has 8 heteroatoms. The van der Waals surface area contributed by atoms with Crippen LogP contribution in [-0.2, 0) is 6.54 Å². The third-order valence-electron chi connectivity index (χ3n) is 4.92. The Hall–Kier alpha value is -3.81. The van der Waals surface area contributed by atoms with Crippen LogP contribution in [0, 0.1) is 5.82 Å². The number of hydrogen-bond acceptors (Lipinski definition) is 6. The van der Waals surface area contributed by atoms with Crippen molar-refractivity contribution in [3.8, 4) is 5.75 Å². The number of nitrogens with two attached hydrogens (primary N) is 1. The summed E-state index contributed by atoms with van der Waals surface area (Å²) in [5, 5.41) is 4.01. The monoisotopic (exact) mass is 419 g/mol. The molecule has 0 aliphatic rings. The molecule has 0 saturated carbocycles. The number of nitrogens with one attached hydrogen (secondary N) is 1. The predicted molar refractivity (Wildman–Crippen MR) is 117 cm³/mol. The van der Waals surface area contributed by atoms with Gasteiger partial charge in [0, 0.05) is 23.5 Å². The van der Waals surface area contributed by atoms with Crippen molar-refractivity contribution in [1.29, 1.82) is 0 Å². The molecule has 4 aromatic rings. The predicted octanol–water partition coefficient (Wildman–Crippen LogP) is 4.01. The van der Waals surface area contributed by atoms with E-state index in [1.54, 1.807) is 12.3 Å². The molecule has 2 heterocycles. The van der Waals surface area contributed by atoms with Gasteiger partial charge in [0.1, 0.15) is 22.8 Å². The third-order valence-corrected chi connectivity index (χ3v) is 4.92. The quantitative estimate of drug-likeness (QED) is 0.439. The number of pyridine rings is 1. The number of carbonyl (C=O) groups excluding carboxylic acids is 1. The van der Waals surface area contributed by atoms with E-state index in [4.69, 9.17) is 10.5 Å². The minimum Gasteiger partial charge on any atom is -0.493 e. The number of rotatable bonds is 7. The van der Waals surface area contributed by atoms with Crippen molar-refractivity contribution in [3.63, 3.8) is 0 Å². The van der Waals surface area contributed by atoms with Crippen molar-refractivity contribution in [2.45, 2.75) is 26.3 Å². The molecule has 0 unspecified atom stereocenters. The largest absolute Gasteiger partial charge is 0.493 e. The van der Waals surface area contributed by atoms with Gasteiger partial charge in [-0.15, -0.1) is 0 Å². The highest BCUT2D eigenvalue weighted by molar-refractivity contribution is 6.04. The van der Waals surface area contributed by atoms with Crippen molar-refractivity contribution in [3.05, 3.63) is 65.7 Å². The second-order valence-corrected chi connectivity index (χ2v) is 7.07. The van der Waals surface area contributed by atoms with E-state index in [1.807, 2.05) is 24.3 Å². The summed E-state index contributed by atoms with van der Waals surface area (Å²) in [5.74, 6) is -0.438. The highest BCUT2D eigenvalue weighted by Gasteiger charge is 2.17. The number of para-hydroxylation sites is 2. The van der Waals surface area contributed by atoms with E-state index in [-0.39, 0.29) is 23.7 Å². The second-order valence-electron chi connectivity index (χ2n) is 7.07. The first kappa shape index (κ1) is 20.5. The van der Waals surface area contributed by atoms with E-state index >= 15 is 0 Å². The van der Waals surface area contributed by atoms with Gasteiger partial charge in [-0.3, -0.25) is 9.78 Å². The molecule has 0 atom stereocenters. The molecule has 0 spiro atoms. The summed E-state index contributed by atoms with van der Waals surface area (Å²) in [6.07, 6.45) is 3.71. The Kier molecular flexibility index (Phi) is 5.88. The Balaban J connectivity index is 1.60. The van der Waals surface area contributed by atoms with Crippen molar-refractivity contribution in [1.82, 2.24) is 20.3 Å². The van der Waals surface area contributed by atoms with Gasteiger partial charge in [-0.05, 0) is 30.2 Å². The lowest BCUT2D eigenvalue weighted by atomic mass is 10.1. The SMILES string of the molecule is CCCCOc1ccnc2c(CNC(=O)c3nc(N)nc4c(F)cccc34)cccc12. The lowest BCUT2D eigenvalue weighted by Crippen LogP contribution is -2.25. The van der Waals surface area contributed by atoms with Crippen LogP contribution in [0.3, 0.4) is 0 Å². The van der Waals surface area contributed by atoms with E-state index in [0.717, 1.165) is 35.1 Å². The number of hydrogen-bond donors (Lipinski definition) is 2. The van der Waals surface area contributed by atoms with Gasteiger partial charge < -0.3 is 15.8 Å². The molecular formula is C23H22FN5O2. The lowest BCUT2D eigenvalue weighted by molar-refractivity contribution is 0.0948. The number of anilines is 1. The molecule has 1 amide bonds. The molecule has 3 N–H and O–H groups in total. The van der Waals surface area contributed by atoms with Crippen LogP contribution in [0.25, 0.3) is 21.8 Å². The van der Waals surface area contributed by atoms with Gasteiger partial charge in [-0.2, -0.15) is 0 Å². The third kappa shape index (κ3) is 4.23. The normalized spacial score (nSPS) is 11.0. The van der Waals surface area contributed by atoms with Crippen LogP contribution < -0.4 is 15.8 Å². The molecular weight excluding hydrogens is 397 g/mol. The first-order valence-electron chi connectivity index (χ1n) is 10.1. The number of aromatic nitrogens is 3. The maximum atomic E-state index is 14.1. The van der Waals surface area contributed by atoms with Crippen molar-refractivity contribution < 1.29 is 13.9 Å². The van der Waals surface area contributed by atoms with Crippen LogP contribution in [0.4, 0.5) is 10.3 Å². The zero-order valence-corrected chi connectivity index (χ0v) is 17.1. The minimum absolute atomic E-state index is 0.0147. The zero-order chi connectivity index (χ0) is 21.8. The number of unbranched alkanes of at least 4 members (excludes halogenated alkanes) is 1. The molecule has 0 aliphatic heterocycles. The first-order chi connectivity index (χ1) is 15.1. The Morgan fingerprint density at radius 2 is 1.90 bits per heavy atom. The smallest absolute Gasteiger partial charge is 0.271 e. The average molecular weight is 419 g/mol. The maximum absolute atomic E-state index is 14.1. The molecule has 0 saturated heterocycles. The summed E-state index contributed by atoms with van der Waals surface area (Å²) in [6.45, 7) is 2.95. The van der Waals surface area contributed by atoms with Gasteiger partial charge in [-0.25, -0.2) is 14.4 Å². The molecule has 31 heavy (non-hydrogen) atoms. The first-order valence-corrected chi connectivity index (χ1v) is 10.1. The number of amides is 1. The number of benzene rings is 2. The molecule has 0 aliphatic carbocycles. The van der Waals surface area contributed by atoms with Gasteiger partial charge in [0.05, 0.1) is 12.1 Å². The molecule has 0 fully saturated rings. The molecule has 2 aromatic heterocycles. The summed E-state index contributed by atoms with van der Waals surface area (Å²) < 4.78 is 20.0. The van der Waals surface area contributed by atoms with Crippen molar-refractivity contribution in [2.24, 2.45) is 0 Å². The molecule has 4 rings (SSSR count). The van der Waals surface area contributed by atoms with Crippen LogP contribution in [0.2, 0.25) is 0 Å². The summed E-state index contributed by atoms with van der Waals surface area (Å²) in [4.78, 5) is 25.2. The van der Waals surface area contributed by atoms with Crippen LogP contribution in [0.1, 0.15) is 35.8 Å². The standard InChI is InChI=1S/C23H22FN5O2/c1-2-3-12-31-18-10-11-26-19-14(6-4-7-15(18)19)13-27-22(30)21-16-8-5-9-17(24)20(16)28-23(25)29-21/h4-11H,2-3,12-13H2,1H3,(H,27,30)(H2,25,28,29). The molecule has 0 bridgehead atoms. The Morgan fingerprint density at radius 1 is 1.10 bits per heavy atom. The molecule has 7 nitrogen and oxygen atoms in total. The summed E-state index contributed by atoms with van der Waals surface area (Å²) >= 11 is 0. The fraction of sp³-hybridized carbons (Fsp3) is 0.217. The maximum Gasteiger partial charge on any atom is 0.271 e. The average Bonchev–Trinajstić information content (AvgIpc) is 2.78. The van der Waals surface area contributed by atoms with Gasteiger partial charge in [0.15, 0.2) is 0 Å². The minimum atomic E-state index is -0.561. The molecule has 2 aromatic carbocycles. The second kappa shape index (κ2) is 8.91. The number of fused-ring (bicyclic) bond motifs is 2. The highest BCUT2D eigenvalue weighted by atomic mass is 19.1. The Bertz CT molecular complexity index is 1260. The topological polar surface area (TPSA) is 103 Å². The van der Waals surface area contributed by atoms with Gasteiger partial charge in [0.25, 0.3) is 5.91 Å². The number of ether oxygens (including phenoxy) is 1. The van der Waals surface area contributed by atoms with Crippen molar-refractivity contribution in [2.75, 3.05) is 12.3 Å². The Morgan fingerprint density at radius 3 is 2.74 bits per heavy atom. The van der Waals surface area contributed by atoms with Crippen LogP contribution in [0.5, 0.6) is 5.75 Å². The molecule has 158 valence electrons. The number of carbonyl (C=O) groups is 1. The Labute approximate surface area is 178 Å². The molecule has 0 radical (unpaired) electrons. The fourth-order valence-corrected chi connectivity index (χ4v) is 3.37. The van der Waals surface area contributed by atoms with E-state index in [1.165, 1.54) is 12.1 Å². The summed E-state index contributed by atoms with van der Waals surface area (Å²) in [5.41, 5.74) is 7.30. The number of halogens is 1. The van der Waals surface area contributed by atoms with Crippen LogP contribution >= 0.6 is 0 Å². The summed E-state index contributed by atoms with van der Waals surface area (Å²) in [6, 6.07) is 11.9. The van der Waals surface area contributed by atoms with E-state index in [0.29, 0.717) is 12.0 Å². The number of nitrogens with zero attached hydrogens (tertiary/aromatic N) is 3. The van der Waals surface area contributed by atoms with Gasteiger partial charge in [-0.1, -0.05) is 37.6 Å². The van der Waals surface area contributed by atoms with E-state index < -0.39 is 11.7 Å². The zero-order valence-electron chi connectivity index (χ0n) is 17.1. The van der Waals surface area contributed by atoms with Gasteiger partial charge >= 0.3 is 0 Å². The van der Waals surface area contributed by atoms with Gasteiger partial charge in [0.2, 0.25) is 5.95 Å². The highest BCUT2D eigenvalue weighted by Crippen LogP contribution is 2.26. The van der Waals surface area contributed by atoms with Crippen LogP contribution in [-0.4, -0.2) is 27.5 Å². The van der Waals surface area contributed by atoms with Crippen molar-refractivity contribution >= 4 is 33.7 Å². The van der Waals surface area contributed by atoms with Crippen LogP contribution in [0.15, 0.2) is 48.7 Å². The number of nitrogen functional groups attached to an aromatic ring is 1.